The van der Waals surface area contributed by atoms with Crippen molar-refractivity contribution in [3.8, 4) is 0 Å². The molecule has 2 unspecified atom stereocenters. The van der Waals surface area contributed by atoms with Gasteiger partial charge in [0.05, 0.1) is 30.9 Å². The first-order valence-electron chi connectivity index (χ1n) is 5.37. The first kappa shape index (κ1) is 9.59. The van der Waals surface area contributed by atoms with Gasteiger partial charge in [-0.05, 0) is 19.1 Å². The van der Waals surface area contributed by atoms with Crippen molar-refractivity contribution in [1.82, 2.24) is 4.98 Å². The molecule has 5 nitrogen and oxygen atoms in total. The van der Waals surface area contributed by atoms with Crippen LogP contribution in [0.1, 0.15) is 5.69 Å². The largest absolute Gasteiger partial charge is 0.378 e. The monoisotopic (exact) mass is 219 g/mol. The van der Waals surface area contributed by atoms with Crippen LogP contribution in [0.3, 0.4) is 0 Å². The number of carbonyl (C=O) groups excluding carboxylic acids is 1. The van der Waals surface area contributed by atoms with E-state index in [2.05, 4.69) is 15.6 Å². The molecule has 2 N–H and O–H groups in total. The summed E-state index contributed by atoms with van der Waals surface area (Å²) in [5.74, 6) is 0.639. The molecule has 16 heavy (non-hydrogen) atoms. The van der Waals surface area contributed by atoms with Crippen LogP contribution in [0.25, 0.3) is 0 Å². The van der Waals surface area contributed by atoms with Crippen molar-refractivity contribution in [3.63, 3.8) is 0 Å². The Morgan fingerprint density at radius 3 is 3.19 bits per heavy atom. The fourth-order valence-corrected chi connectivity index (χ4v) is 2.12. The third-order valence-electron chi connectivity index (χ3n) is 3.03. The van der Waals surface area contributed by atoms with E-state index in [1.54, 1.807) is 0 Å². The van der Waals surface area contributed by atoms with Gasteiger partial charge in [-0.3, -0.25) is 4.79 Å². The molecule has 2 aliphatic heterocycles. The molecule has 5 heteroatoms. The number of nitrogens with zero attached hydrogens (tertiary/aromatic N) is 1. The highest BCUT2D eigenvalue weighted by Gasteiger charge is 2.37. The Labute approximate surface area is 93.2 Å². The maximum Gasteiger partial charge on any atom is 0.232 e. The lowest BCUT2D eigenvalue weighted by atomic mass is 10.0. The van der Waals surface area contributed by atoms with E-state index < -0.39 is 0 Å². The van der Waals surface area contributed by atoms with E-state index in [4.69, 9.17) is 4.74 Å². The summed E-state index contributed by atoms with van der Waals surface area (Å²) in [6.45, 7) is 2.97. The first-order valence-corrected chi connectivity index (χ1v) is 5.37. The van der Waals surface area contributed by atoms with Crippen molar-refractivity contribution in [2.45, 2.75) is 13.0 Å². The van der Waals surface area contributed by atoms with Crippen molar-refractivity contribution >= 4 is 17.4 Å². The molecule has 2 atom stereocenters. The molecule has 1 aromatic rings. The zero-order valence-electron chi connectivity index (χ0n) is 8.99. The molecule has 0 aromatic carbocycles. The van der Waals surface area contributed by atoms with Crippen molar-refractivity contribution in [2.75, 3.05) is 23.8 Å². The SMILES string of the molecule is Cc1ccc2c(n1)NC1COCC1C(=O)N2. The summed E-state index contributed by atoms with van der Waals surface area (Å²) in [6.07, 6.45) is 0. The summed E-state index contributed by atoms with van der Waals surface area (Å²) in [4.78, 5) is 16.3. The molecule has 2 aliphatic rings. The van der Waals surface area contributed by atoms with E-state index in [-0.39, 0.29) is 17.9 Å². The number of aryl methyl sites for hydroxylation is 1. The number of pyridine rings is 1. The number of rotatable bonds is 0. The average molecular weight is 219 g/mol. The summed E-state index contributed by atoms with van der Waals surface area (Å²) in [5, 5.41) is 6.15. The highest BCUT2D eigenvalue weighted by molar-refractivity contribution is 5.97. The number of hydrogen-bond donors (Lipinski definition) is 2. The highest BCUT2D eigenvalue weighted by atomic mass is 16.5. The normalized spacial score (nSPS) is 27.4. The predicted octanol–water partition coefficient (Wildman–Crippen LogP) is 0.769. The van der Waals surface area contributed by atoms with Gasteiger partial charge in [0.2, 0.25) is 5.91 Å². The Morgan fingerprint density at radius 1 is 1.44 bits per heavy atom. The number of carbonyl (C=O) groups is 1. The Hall–Kier alpha value is -1.62. The maximum atomic E-state index is 11.9. The zero-order valence-corrected chi connectivity index (χ0v) is 8.99. The predicted molar refractivity (Wildman–Crippen MR) is 59.3 cm³/mol. The number of aromatic nitrogens is 1. The van der Waals surface area contributed by atoms with Crippen LogP contribution in [0.15, 0.2) is 12.1 Å². The molecule has 0 radical (unpaired) electrons. The third-order valence-corrected chi connectivity index (χ3v) is 3.03. The fraction of sp³-hybridized carbons (Fsp3) is 0.455. The van der Waals surface area contributed by atoms with Gasteiger partial charge in [0, 0.05) is 5.69 Å². The standard InChI is InChI=1S/C11H13N3O2/c1-6-2-3-8-10(12-6)13-9-5-16-4-7(9)11(15)14-8/h2-3,7,9H,4-5H2,1H3,(H,12,13)(H,14,15). The molecular weight excluding hydrogens is 206 g/mol. The summed E-state index contributed by atoms with van der Waals surface area (Å²) >= 11 is 0. The van der Waals surface area contributed by atoms with Gasteiger partial charge in [-0.2, -0.15) is 0 Å². The van der Waals surface area contributed by atoms with Crippen LogP contribution in [0.2, 0.25) is 0 Å². The lowest BCUT2D eigenvalue weighted by Crippen LogP contribution is -2.33. The van der Waals surface area contributed by atoms with Gasteiger partial charge in [-0.15, -0.1) is 0 Å². The Balaban J connectivity index is 2.01. The number of fused-ring (bicyclic) bond motifs is 2. The van der Waals surface area contributed by atoms with Gasteiger partial charge in [0.25, 0.3) is 0 Å². The van der Waals surface area contributed by atoms with Crippen LogP contribution < -0.4 is 10.6 Å². The minimum absolute atomic E-state index is 0.0133. The summed E-state index contributed by atoms with van der Waals surface area (Å²) < 4.78 is 5.31. The molecule has 0 aliphatic carbocycles. The van der Waals surface area contributed by atoms with E-state index in [9.17, 15) is 4.79 Å². The summed E-state index contributed by atoms with van der Waals surface area (Å²) in [7, 11) is 0. The van der Waals surface area contributed by atoms with E-state index in [0.717, 1.165) is 17.2 Å². The topological polar surface area (TPSA) is 63.3 Å². The van der Waals surface area contributed by atoms with Crippen molar-refractivity contribution < 1.29 is 9.53 Å². The maximum absolute atomic E-state index is 11.9. The van der Waals surface area contributed by atoms with Crippen molar-refractivity contribution in [2.24, 2.45) is 5.92 Å². The van der Waals surface area contributed by atoms with E-state index in [1.807, 2.05) is 19.1 Å². The summed E-state index contributed by atoms with van der Waals surface area (Å²) in [6, 6.07) is 3.80. The molecule has 1 aromatic heterocycles. The summed E-state index contributed by atoms with van der Waals surface area (Å²) in [5.41, 5.74) is 1.68. The molecule has 0 saturated carbocycles. The van der Waals surface area contributed by atoms with Gasteiger partial charge in [0.15, 0.2) is 0 Å². The average Bonchev–Trinajstić information content (AvgIpc) is 2.65. The lowest BCUT2D eigenvalue weighted by Gasteiger charge is -2.13. The number of hydrogen-bond acceptors (Lipinski definition) is 4. The minimum Gasteiger partial charge on any atom is -0.378 e. The smallest absolute Gasteiger partial charge is 0.232 e. The molecule has 1 fully saturated rings. The van der Waals surface area contributed by atoms with Gasteiger partial charge in [-0.25, -0.2) is 4.98 Å². The second-order valence-corrected chi connectivity index (χ2v) is 4.23. The number of amides is 1. The number of nitrogens with one attached hydrogen (secondary N) is 2. The van der Waals surface area contributed by atoms with Crippen LogP contribution in [0, 0.1) is 12.8 Å². The fourth-order valence-electron chi connectivity index (χ4n) is 2.12. The molecule has 84 valence electrons. The molecule has 3 rings (SSSR count). The van der Waals surface area contributed by atoms with E-state index in [0.29, 0.717) is 13.2 Å². The molecule has 1 saturated heterocycles. The first-order chi connectivity index (χ1) is 7.74. The van der Waals surface area contributed by atoms with Crippen molar-refractivity contribution in [1.29, 1.82) is 0 Å². The van der Waals surface area contributed by atoms with Gasteiger partial charge < -0.3 is 15.4 Å². The molecular formula is C11H13N3O2. The van der Waals surface area contributed by atoms with Crippen LogP contribution in [-0.4, -0.2) is 30.1 Å². The zero-order chi connectivity index (χ0) is 11.1. The number of ether oxygens (including phenoxy) is 1. The Kier molecular flexibility index (Phi) is 2.07. The second-order valence-electron chi connectivity index (χ2n) is 4.23. The molecule has 0 bridgehead atoms. The van der Waals surface area contributed by atoms with Crippen LogP contribution in [0.5, 0.6) is 0 Å². The van der Waals surface area contributed by atoms with E-state index >= 15 is 0 Å². The van der Waals surface area contributed by atoms with Crippen LogP contribution in [-0.2, 0) is 9.53 Å². The van der Waals surface area contributed by atoms with Gasteiger partial charge >= 0.3 is 0 Å². The Morgan fingerprint density at radius 2 is 2.31 bits per heavy atom. The van der Waals surface area contributed by atoms with Crippen LogP contribution >= 0.6 is 0 Å². The van der Waals surface area contributed by atoms with Gasteiger partial charge in [-0.1, -0.05) is 0 Å². The quantitative estimate of drug-likeness (QED) is 0.676. The lowest BCUT2D eigenvalue weighted by molar-refractivity contribution is -0.119. The van der Waals surface area contributed by atoms with Crippen molar-refractivity contribution in [3.05, 3.63) is 17.8 Å². The van der Waals surface area contributed by atoms with Crippen LogP contribution in [0.4, 0.5) is 11.5 Å². The molecule has 3 heterocycles. The third kappa shape index (κ3) is 1.44. The molecule has 1 amide bonds. The number of anilines is 2. The molecule has 0 spiro atoms. The Bertz CT molecular complexity index is 447. The van der Waals surface area contributed by atoms with Gasteiger partial charge in [0.1, 0.15) is 5.82 Å². The minimum atomic E-state index is -0.116. The van der Waals surface area contributed by atoms with E-state index in [1.165, 1.54) is 0 Å². The highest BCUT2D eigenvalue weighted by Crippen LogP contribution is 2.29. The second kappa shape index (κ2) is 3.45.